The van der Waals surface area contributed by atoms with Gasteiger partial charge in [-0.05, 0) is 25.3 Å². The standard InChI is InChI=1S/C19H25NO5/c1-3-17(21)16-11-10-15(18(22)24-4-2)12-20(16)19(23)25-13-14-8-6-5-7-9-14/h3,5-9,15-17,21H,1,4,10-13H2,2H3. The summed E-state index contributed by atoms with van der Waals surface area (Å²) < 4.78 is 10.4. The second kappa shape index (κ2) is 9.22. The van der Waals surface area contributed by atoms with Crippen LogP contribution in [0.15, 0.2) is 43.0 Å². The minimum absolute atomic E-state index is 0.136. The maximum Gasteiger partial charge on any atom is 0.410 e. The highest BCUT2D eigenvalue weighted by molar-refractivity contribution is 5.75. The summed E-state index contributed by atoms with van der Waals surface area (Å²) in [6, 6.07) is 8.89. The van der Waals surface area contributed by atoms with Crippen molar-refractivity contribution in [3.05, 3.63) is 48.6 Å². The lowest BCUT2D eigenvalue weighted by atomic mass is 9.90. The van der Waals surface area contributed by atoms with Crippen LogP contribution in [0.25, 0.3) is 0 Å². The van der Waals surface area contributed by atoms with E-state index in [9.17, 15) is 14.7 Å². The Morgan fingerprint density at radius 1 is 1.32 bits per heavy atom. The molecule has 6 heteroatoms. The molecule has 0 aromatic heterocycles. The number of hydrogen-bond acceptors (Lipinski definition) is 5. The first-order valence-corrected chi connectivity index (χ1v) is 8.51. The van der Waals surface area contributed by atoms with Crippen molar-refractivity contribution in [3.63, 3.8) is 0 Å². The SMILES string of the molecule is C=CC(O)C1CCC(C(=O)OCC)CN1C(=O)OCc1ccccc1. The van der Waals surface area contributed by atoms with Gasteiger partial charge in [-0.2, -0.15) is 0 Å². The monoisotopic (exact) mass is 347 g/mol. The van der Waals surface area contributed by atoms with Gasteiger partial charge in [0.05, 0.1) is 24.7 Å². The Morgan fingerprint density at radius 2 is 2.04 bits per heavy atom. The highest BCUT2D eigenvalue weighted by Crippen LogP contribution is 2.26. The number of aliphatic hydroxyl groups excluding tert-OH is 1. The fraction of sp³-hybridized carbons (Fsp3) is 0.474. The van der Waals surface area contributed by atoms with Crippen LogP contribution in [0.1, 0.15) is 25.3 Å². The van der Waals surface area contributed by atoms with Crippen LogP contribution in [-0.4, -0.2) is 47.4 Å². The van der Waals surface area contributed by atoms with Crippen LogP contribution in [0.5, 0.6) is 0 Å². The average Bonchev–Trinajstić information content (AvgIpc) is 2.66. The number of ether oxygens (including phenoxy) is 2. The van der Waals surface area contributed by atoms with Gasteiger partial charge in [0.25, 0.3) is 0 Å². The molecule has 136 valence electrons. The average molecular weight is 347 g/mol. The maximum atomic E-state index is 12.5. The molecule has 0 aliphatic carbocycles. The molecule has 1 aliphatic heterocycles. The molecule has 1 fully saturated rings. The summed E-state index contributed by atoms with van der Waals surface area (Å²) in [5.74, 6) is -0.729. The molecule has 0 radical (unpaired) electrons. The van der Waals surface area contributed by atoms with Crippen molar-refractivity contribution in [2.45, 2.75) is 38.5 Å². The van der Waals surface area contributed by atoms with Crippen molar-refractivity contribution in [2.75, 3.05) is 13.2 Å². The van der Waals surface area contributed by atoms with Crippen molar-refractivity contribution in [3.8, 4) is 0 Å². The molecule has 25 heavy (non-hydrogen) atoms. The lowest BCUT2D eigenvalue weighted by molar-refractivity contribution is -0.150. The molecular weight excluding hydrogens is 322 g/mol. The molecule has 2 rings (SSSR count). The predicted octanol–water partition coefficient (Wildman–Crippen LogP) is 2.51. The smallest absolute Gasteiger partial charge is 0.410 e. The summed E-state index contributed by atoms with van der Waals surface area (Å²) in [5, 5.41) is 10.1. The molecule has 3 unspecified atom stereocenters. The van der Waals surface area contributed by atoms with Gasteiger partial charge in [0, 0.05) is 6.54 Å². The molecule has 1 aliphatic rings. The zero-order valence-corrected chi connectivity index (χ0v) is 14.5. The molecule has 0 spiro atoms. The van der Waals surface area contributed by atoms with Gasteiger partial charge in [-0.25, -0.2) is 4.79 Å². The Hall–Kier alpha value is -2.34. The largest absolute Gasteiger partial charge is 0.466 e. The minimum Gasteiger partial charge on any atom is -0.466 e. The van der Waals surface area contributed by atoms with Crippen molar-refractivity contribution >= 4 is 12.1 Å². The molecule has 1 N–H and O–H groups in total. The maximum absolute atomic E-state index is 12.5. The van der Waals surface area contributed by atoms with E-state index in [1.54, 1.807) is 6.92 Å². The van der Waals surface area contributed by atoms with E-state index in [2.05, 4.69) is 6.58 Å². The molecular formula is C19H25NO5. The summed E-state index contributed by atoms with van der Waals surface area (Å²) >= 11 is 0. The van der Waals surface area contributed by atoms with Gasteiger partial charge < -0.3 is 19.5 Å². The van der Waals surface area contributed by atoms with Crippen molar-refractivity contribution in [2.24, 2.45) is 5.92 Å². The predicted molar refractivity (Wildman–Crippen MR) is 92.7 cm³/mol. The first kappa shape index (κ1) is 19.0. The van der Waals surface area contributed by atoms with E-state index in [0.717, 1.165) is 5.56 Å². The van der Waals surface area contributed by atoms with E-state index in [0.29, 0.717) is 19.4 Å². The molecule has 1 heterocycles. The number of carbonyl (C=O) groups is 2. The quantitative estimate of drug-likeness (QED) is 0.632. The summed E-state index contributed by atoms with van der Waals surface area (Å²) in [6.07, 6.45) is 1.01. The van der Waals surface area contributed by atoms with E-state index in [1.165, 1.54) is 11.0 Å². The second-order valence-corrected chi connectivity index (χ2v) is 6.01. The van der Waals surface area contributed by atoms with Crippen LogP contribution in [0.2, 0.25) is 0 Å². The molecule has 1 aromatic carbocycles. The van der Waals surface area contributed by atoms with Crippen molar-refractivity contribution in [1.82, 2.24) is 4.90 Å². The van der Waals surface area contributed by atoms with Crippen LogP contribution in [-0.2, 0) is 20.9 Å². The number of rotatable bonds is 6. The fourth-order valence-corrected chi connectivity index (χ4v) is 2.97. The Kier molecular flexibility index (Phi) is 7.01. The van der Waals surface area contributed by atoms with Crippen LogP contribution >= 0.6 is 0 Å². The summed E-state index contributed by atoms with van der Waals surface area (Å²) in [7, 11) is 0. The van der Waals surface area contributed by atoms with Gasteiger partial charge in [-0.15, -0.1) is 6.58 Å². The molecule has 1 aromatic rings. The van der Waals surface area contributed by atoms with E-state index in [4.69, 9.17) is 9.47 Å². The van der Waals surface area contributed by atoms with E-state index in [-0.39, 0.29) is 19.1 Å². The normalized spacial score (nSPS) is 21.3. The number of esters is 1. The summed E-state index contributed by atoms with van der Waals surface area (Å²) in [6.45, 7) is 5.94. The number of piperidine rings is 1. The molecule has 0 bridgehead atoms. The highest BCUT2D eigenvalue weighted by Gasteiger charge is 2.38. The van der Waals surface area contributed by atoms with Gasteiger partial charge >= 0.3 is 12.1 Å². The van der Waals surface area contributed by atoms with Gasteiger partial charge in [-0.3, -0.25) is 4.79 Å². The van der Waals surface area contributed by atoms with Gasteiger partial charge in [0.15, 0.2) is 0 Å². The van der Waals surface area contributed by atoms with Crippen molar-refractivity contribution < 1.29 is 24.2 Å². The molecule has 3 atom stereocenters. The minimum atomic E-state index is -0.868. The first-order chi connectivity index (χ1) is 12.1. The van der Waals surface area contributed by atoms with Crippen LogP contribution in [0.4, 0.5) is 4.79 Å². The number of aliphatic hydroxyl groups is 1. The van der Waals surface area contributed by atoms with Crippen molar-refractivity contribution in [1.29, 1.82) is 0 Å². The second-order valence-electron chi connectivity index (χ2n) is 6.01. The third kappa shape index (κ3) is 5.06. The molecule has 6 nitrogen and oxygen atoms in total. The van der Waals surface area contributed by atoms with Gasteiger partial charge in [0.2, 0.25) is 0 Å². The third-order valence-corrected chi connectivity index (χ3v) is 4.32. The Bertz CT molecular complexity index is 589. The Morgan fingerprint density at radius 3 is 2.68 bits per heavy atom. The third-order valence-electron chi connectivity index (χ3n) is 4.32. The lowest BCUT2D eigenvalue weighted by Gasteiger charge is -2.39. The van der Waals surface area contributed by atoms with E-state index >= 15 is 0 Å². The highest BCUT2D eigenvalue weighted by atomic mass is 16.6. The number of amides is 1. The number of benzene rings is 1. The first-order valence-electron chi connectivity index (χ1n) is 8.51. The fourth-order valence-electron chi connectivity index (χ4n) is 2.97. The van der Waals surface area contributed by atoms with Crippen LogP contribution < -0.4 is 0 Å². The van der Waals surface area contributed by atoms with E-state index < -0.39 is 24.2 Å². The Balaban J connectivity index is 2.05. The van der Waals surface area contributed by atoms with Gasteiger partial charge in [0.1, 0.15) is 6.61 Å². The molecule has 1 saturated heterocycles. The topological polar surface area (TPSA) is 76.1 Å². The molecule has 1 amide bonds. The number of carbonyl (C=O) groups excluding carboxylic acids is 2. The number of likely N-dealkylation sites (tertiary alicyclic amines) is 1. The number of hydrogen-bond donors (Lipinski definition) is 1. The summed E-state index contributed by atoms with van der Waals surface area (Å²) in [4.78, 5) is 26.0. The van der Waals surface area contributed by atoms with Gasteiger partial charge in [-0.1, -0.05) is 36.4 Å². The summed E-state index contributed by atoms with van der Waals surface area (Å²) in [5.41, 5.74) is 0.871. The zero-order chi connectivity index (χ0) is 18.2. The number of nitrogens with zero attached hydrogens (tertiary/aromatic N) is 1. The molecule has 0 saturated carbocycles. The van der Waals surface area contributed by atoms with Crippen LogP contribution in [0.3, 0.4) is 0 Å². The zero-order valence-electron chi connectivity index (χ0n) is 14.5. The van der Waals surface area contributed by atoms with E-state index in [1.807, 2.05) is 30.3 Å². The Labute approximate surface area is 148 Å². The van der Waals surface area contributed by atoms with Crippen LogP contribution in [0, 0.1) is 5.92 Å². The lowest BCUT2D eigenvalue weighted by Crippen LogP contribution is -2.53.